The molecular formula is C15H21ClN2O2. The topological polar surface area (TPSA) is 52.6 Å². The summed E-state index contributed by atoms with van der Waals surface area (Å²) < 4.78 is 0. The summed E-state index contributed by atoms with van der Waals surface area (Å²) in [4.78, 5) is 14.2. The van der Waals surface area contributed by atoms with Crippen LogP contribution in [0.5, 0.6) is 0 Å². The van der Waals surface area contributed by atoms with Crippen molar-refractivity contribution >= 4 is 17.5 Å². The molecule has 1 aliphatic rings. The Balaban J connectivity index is 1.91. The number of rotatable bonds is 4. The van der Waals surface area contributed by atoms with Crippen molar-refractivity contribution in [3.05, 3.63) is 34.9 Å². The molecule has 3 atom stereocenters. The number of likely N-dealkylation sites (tertiary alicyclic amines) is 1. The Kier molecular flexibility index (Phi) is 5.02. The van der Waals surface area contributed by atoms with Crippen molar-refractivity contribution in [3.63, 3.8) is 0 Å². The van der Waals surface area contributed by atoms with E-state index in [2.05, 4.69) is 5.32 Å². The van der Waals surface area contributed by atoms with E-state index in [0.717, 1.165) is 18.5 Å². The van der Waals surface area contributed by atoms with Gasteiger partial charge in [-0.3, -0.25) is 9.69 Å². The molecule has 1 aliphatic heterocycles. The molecule has 1 aromatic rings. The van der Waals surface area contributed by atoms with E-state index in [4.69, 9.17) is 11.6 Å². The van der Waals surface area contributed by atoms with Gasteiger partial charge in [0.25, 0.3) is 0 Å². The summed E-state index contributed by atoms with van der Waals surface area (Å²) in [7, 11) is 0. The summed E-state index contributed by atoms with van der Waals surface area (Å²) in [6, 6.07) is 7.19. The zero-order valence-electron chi connectivity index (χ0n) is 11.8. The molecule has 1 aromatic carbocycles. The van der Waals surface area contributed by atoms with E-state index < -0.39 is 0 Å². The molecule has 0 aromatic heterocycles. The number of aliphatic hydroxyl groups is 1. The molecule has 2 N–H and O–H groups in total. The first kappa shape index (κ1) is 15.3. The van der Waals surface area contributed by atoms with Gasteiger partial charge in [-0.15, -0.1) is 0 Å². The largest absolute Gasteiger partial charge is 0.392 e. The van der Waals surface area contributed by atoms with Gasteiger partial charge in [-0.1, -0.05) is 23.7 Å². The fraction of sp³-hybridized carbons (Fsp3) is 0.533. The smallest absolute Gasteiger partial charge is 0.237 e. The van der Waals surface area contributed by atoms with Crippen molar-refractivity contribution in [2.24, 2.45) is 0 Å². The number of carbonyl (C=O) groups excluding carboxylic acids is 1. The number of carbonyl (C=O) groups is 1. The summed E-state index contributed by atoms with van der Waals surface area (Å²) in [5, 5.41) is 13.2. The van der Waals surface area contributed by atoms with Gasteiger partial charge in [0.15, 0.2) is 0 Å². The third-order valence-electron chi connectivity index (χ3n) is 3.85. The lowest BCUT2D eigenvalue weighted by molar-refractivity contribution is -0.126. The number of halogens is 1. The van der Waals surface area contributed by atoms with Gasteiger partial charge in [-0.05, 0) is 38.0 Å². The first-order valence-corrected chi connectivity index (χ1v) is 7.33. The lowest BCUT2D eigenvalue weighted by atomic mass is 10.1. The van der Waals surface area contributed by atoms with Crippen LogP contribution in [0.2, 0.25) is 5.02 Å². The summed E-state index contributed by atoms with van der Waals surface area (Å²) >= 11 is 5.85. The number of nitrogens with one attached hydrogen (secondary N) is 1. The minimum Gasteiger partial charge on any atom is -0.392 e. The Bertz CT molecular complexity index is 463. The average molecular weight is 297 g/mol. The van der Waals surface area contributed by atoms with Crippen LogP contribution in [0.4, 0.5) is 0 Å². The van der Waals surface area contributed by atoms with Crippen LogP contribution >= 0.6 is 11.6 Å². The monoisotopic (exact) mass is 296 g/mol. The molecular weight excluding hydrogens is 276 g/mol. The Morgan fingerprint density at radius 1 is 1.40 bits per heavy atom. The normalized spacial score (nSPS) is 22.5. The SMILES string of the molecule is CC(NC(=O)C(C)N1CC[C@H](O)C1)c1ccc(Cl)cc1. The second-order valence-corrected chi connectivity index (χ2v) is 5.83. The Morgan fingerprint density at radius 3 is 2.60 bits per heavy atom. The molecule has 1 saturated heterocycles. The molecule has 0 radical (unpaired) electrons. The lowest BCUT2D eigenvalue weighted by Gasteiger charge is -2.25. The van der Waals surface area contributed by atoms with Crippen LogP contribution in [0.15, 0.2) is 24.3 Å². The highest BCUT2D eigenvalue weighted by Gasteiger charge is 2.28. The van der Waals surface area contributed by atoms with Crippen molar-refractivity contribution in [1.82, 2.24) is 10.2 Å². The molecule has 5 heteroatoms. The molecule has 2 rings (SSSR count). The number of nitrogens with zero attached hydrogens (tertiary/aromatic N) is 1. The number of hydrogen-bond acceptors (Lipinski definition) is 3. The highest BCUT2D eigenvalue weighted by molar-refractivity contribution is 6.30. The molecule has 0 spiro atoms. The second-order valence-electron chi connectivity index (χ2n) is 5.40. The third kappa shape index (κ3) is 3.72. The van der Waals surface area contributed by atoms with Crippen molar-refractivity contribution in [1.29, 1.82) is 0 Å². The number of aliphatic hydroxyl groups excluding tert-OH is 1. The van der Waals surface area contributed by atoms with E-state index in [9.17, 15) is 9.90 Å². The molecule has 2 unspecified atom stereocenters. The van der Waals surface area contributed by atoms with Gasteiger partial charge in [-0.2, -0.15) is 0 Å². The minimum absolute atomic E-state index is 0.0125. The lowest BCUT2D eigenvalue weighted by Crippen LogP contribution is -2.45. The maximum Gasteiger partial charge on any atom is 0.237 e. The van der Waals surface area contributed by atoms with E-state index in [1.807, 2.05) is 43.0 Å². The van der Waals surface area contributed by atoms with Crippen LogP contribution in [-0.2, 0) is 4.79 Å². The number of amides is 1. The van der Waals surface area contributed by atoms with Crippen molar-refractivity contribution in [3.8, 4) is 0 Å². The van der Waals surface area contributed by atoms with Crippen LogP contribution in [0.3, 0.4) is 0 Å². The third-order valence-corrected chi connectivity index (χ3v) is 4.10. The first-order valence-electron chi connectivity index (χ1n) is 6.95. The van der Waals surface area contributed by atoms with E-state index in [1.54, 1.807) is 0 Å². The van der Waals surface area contributed by atoms with Crippen LogP contribution < -0.4 is 5.32 Å². The zero-order valence-corrected chi connectivity index (χ0v) is 12.6. The molecule has 1 amide bonds. The molecule has 4 nitrogen and oxygen atoms in total. The Morgan fingerprint density at radius 2 is 2.05 bits per heavy atom. The maximum atomic E-state index is 12.2. The summed E-state index contributed by atoms with van der Waals surface area (Å²) in [6.07, 6.45) is 0.434. The standard InChI is InChI=1S/C15H21ClN2O2/c1-10(12-3-5-13(16)6-4-12)17-15(20)11(2)18-8-7-14(19)9-18/h3-6,10-11,14,19H,7-9H2,1-2H3,(H,17,20)/t10?,11?,14-/m0/s1. The first-order chi connectivity index (χ1) is 9.47. The Labute approximate surface area is 124 Å². The number of hydrogen-bond donors (Lipinski definition) is 2. The van der Waals surface area contributed by atoms with Gasteiger partial charge < -0.3 is 10.4 Å². The summed E-state index contributed by atoms with van der Waals surface area (Å²) in [5.74, 6) is -0.0125. The highest BCUT2D eigenvalue weighted by Crippen LogP contribution is 2.17. The van der Waals surface area contributed by atoms with E-state index >= 15 is 0 Å². The van der Waals surface area contributed by atoms with E-state index in [-0.39, 0.29) is 24.1 Å². The predicted octanol–water partition coefficient (Wildman–Crippen LogP) is 1.97. The van der Waals surface area contributed by atoms with E-state index in [1.165, 1.54) is 0 Å². The summed E-state index contributed by atoms with van der Waals surface area (Å²) in [6.45, 7) is 5.17. The second kappa shape index (κ2) is 6.57. The van der Waals surface area contributed by atoms with Crippen molar-refractivity contribution in [2.75, 3.05) is 13.1 Å². The molecule has 1 fully saturated rings. The van der Waals surface area contributed by atoms with Crippen LogP contribution in [-0.4, -0.2) is 41.1 Å². The van der Waals surface area contributed by atoms with Gasteiger partial charge in [0.1, 0.15) is 0 Å². The predicted molar refractivity (Wildman–Crippen MR) is 79.7 cm³/mol. The van der Waals surface area contributed by atoms with Crippen LogP contribution in [0.25, 0.3) is 0 Å². The quantitative estimate of drug-likeness (QED) is 0.893. The molecule has 0 saturated carbocycles. The maximum absolute atomic E-state index is 12.2. The fourth-order valence-corrected chi connectivity index (χ4v) is 2.58. The summed E-state index contributed by atoms with van der Waals surface area (Å²) in [5.41, 5.74) is 1.02. The number of benzene rings is 1. The average Bonchev–Trinajstić information content (AvgIpc) is 2.85. The molecule has 0 bridgehead atoms. The minimum atomic E-state index is -0.307. The van der Waals surface area contributed by atoms with Crippen LogP contribution in [0.1, 0.15) is 31.9 Å². The van der Waals surface area contributed by atoms with Gasteiger partial charge in [0.2, 0.25) is 5.91 Å². The van der Waals surface area contributed by atoms with Crippen molar-refractivity contribution < 1.29 is 9.90 Å². The zero-order chi connectivity index (χ0) is 14.7. The molecule has 110 valence electrons. The Hall–Kier alpha value is -1.10. The molecule has 20 heavy (non-hydrogen) atoms. The van der Waals surface area contributed by atoms with Crippen LogP contribution in [0, 0.1) is 0 Å². The highest BCUT2D eigenvalue weighted by atomic mass is 35.5. The fourth-order valence-electron chi connectivity index (χ4n) is 2.45. The van der Waals surface area contributed by atoms with Gasteiger partial charge in [0, 0.05) is 18.1 Å². The van der Waals surface area contributed by atoms with E-state index in [0.29, 0.717) is 11.6 Å². The van der Waals surface area contributed by atoms with Gasteiger partial charge in [0.05, 0.1) is 18.2 Å². The van der Waals surface area contributed by atoms with Gasteiger partial charge >= 0.3 is 0 Å². The number of β-amino-alcohol motifs (C(OH)–C–C–N with tert-alkyl or cyclic N) is 1. The molecule has 1 heterocycles. The van der Waals surface area contributed by atoms with Gasteiger partial charge in [-0.25, -0.2) is 0 Å². The van der Waals surface area contributed by atoms with Crippen molar-refractivity contribution in [2.45, 2.75) is 38.5 Å². The molecule has 0 aliphatic carbocycles.